The lowest BCUT2D eigenvalue weighted by Gasteiger charge is -2.03. The predicted molar refractivity (Wildman–Crippen MR) is 51.4 cm³/mol. The molecule has 0 N–H and O–H groups in total. The number of hydrogen-bond donors (Lipinski definition) is 0. The minimum absolute atomic E-state index is 0.389. The average molecular weight is 161 g/mol. The number of aliphatic imine (C=N–C) groups is 1. The Morgan fingerprint density at radius 3 is 2.83 bits per heavy atom. The average Bonchev–Trinajstić information content (AvgIpc) is 2.60. The summed E-state index contributed by atoms with van der Waals surface area (Å²) in [5.41, 5.74) is 1.43. The minimum atomic E-state index is 0.389. The van der Waals surface area contributed by atoms with Crippen molar-refractivity contribution in [3.05, 3.63) is 17.7 Å². The van der Waals surface area contributed by atoms with Crippen molar-refractivity contribution in [2.75, 3.05) is 0 Å². The van der Waals surface area contributed by atoms with Gasteiger partial charge >= 0.3 is 0 Å². The Kier molecular flexibility index (Phi) is 1.90. The lowest BCUT2D eigenvalue weighted by molar-refractivity contribution is 0.693. The van der Waals surface area contributed by atoms with E-state index in [2.05, 4.69) is 36.9 Å². The SMILES string of the molecule is CC(C)N=C=C1CC2C=CC1C2. The Bertz CT molecular complexity index is 267. The van der Waals surface area contributed by atoms with Gasteiger partial charge in [-0.05, 0) is 44.0 Å². The molecular formula is C11H15N. The highest BCUT2D eigenvalue weighted by Crippen LogP contribution is 2.41. The summed E-state index contributed by atoms with van der Waals surface area (Å²) >= 11 is 0. The fraction of sp³-hybridized carbons (Fsp3) is 0.636. The van der Waals surface area contributed by atoms with Crippen LogP contribution in [0.4, 0.5) is 0 Å². The molecule has 1 nitrogen and oxygen atoms in total. The highest BCUT2D eigenvalue weighted by Gasteiger charge is 2.30. The highest BCUT2D eigenvalue weighted by molar-refractivity contribution is 5.61. The van der Waals surface area contributed by atoms with E-state index in [-0.39, 0.29) is 0 Å². The normalized spacial score (nSPS) is 31.4. The Hall–Kier alpha value is -0.810. The molecule has 2 atom stereocenters. The molecular weight excluding hydrogens is 146 g/mol. The zero-order chi connectivity index (χ0) is 8.55. The van der Waals surface area contributed by atoms with E-state index in [1.807, 2.05) is 0 Å². The second-order valence-electron chi connectivity index (χ2n) is 4.05. The second kappa shape index (κ2) is 2.91. The van der Waals surface area contributed by atoms with E-state index < -0.39 is 0 Å². The van der Waals surface area contributed by atoms with Gasteiger partial charge in [0.25, 0.3) is 0 Å². The van der Waals surface area contributed by atoms with Gasteiger partial charge in [-0.15, -0.1) is 0 Å². The van der Waals surface area contributed by atoms with Crippen molar-refractivity contribution in [3.8, 4) is 0 Å². The number of rotatable bonds is 1. The van der Waals surface area contributed by atoms with Crippen molar-refractivity contribution in [2.45, 2.75) is 32.7 Å². The third-order valence-corrected chi connectivity index (χ3v) is 2.57. The smallest absolute Gasteiger partial charge is 0.0537 e. The maximum absolute atomic E-state index is 4.30. The van der Waals surface area contributed by atoms with Crippen molar-refractivity contribution in [2.24, 2.45) is 16.8 Å². The summed E-state index contributed by atoms with van der Waals surface area (Å²) < 4.78 is 0. The quantitative estimate of drug-likeness (QED) is 0.414. The Labute approximate surface area is 73.9 Å². The third-order valence-electron chi connectivity index (χ3n) is 2.57. The number of allylic oxidation sites excluding steroid dienone is 3. The molecule has 1 fully saturated rings. The van der Waals surface area contributed by atoms with Gasteiger partial charge < -0.3 is 0 Å². The molecule has 12 heavy (non-hydrogen) atoms. The Morgan fingerprint density at radius 1 is 1.50 bits per heavy atom. The molecule has 64 valence electrons. The van der Waals surface area contributed by atoms with Crippen LogP contribution in [0.2, 0.25) is 0 Å². The van der Waals surface area contributed by atoms with Crippen molar-refractivity contribution < 1.29 is 0 Å². The summed E-state index contributed by atoms with van der Waals surface area (Å²) in [4.78, 5) is 4.30. The summed E-state index contributed by atoms with van der Waals surface area (Å²) in [5.74, 6) is 4.69. The van der Waals surface area contributed by atoms with Crippen molar-refractivity contribution in [1.82, 2.24) is 0 Å². The fourth-order valence-corrected chi connectivity index (χ4v) is 1.96. The van der Waals surface area contributed by atoms with Crippen LogP contribution in [0, 0.1) is 11.8 Å². The summed E-state index contributed by atoms with van der Waals surface area (Å²) in [7, 11) is 0. The van der Waals surface area contributed by atoms with Gasteiger partial charge in [-0.1, -0.05) is 12.2 Å². The molecule has 0 radical (unpaired) electrons. The highest BCUT2D eigenvalue weighted by atomic mass is 14.7. The molecule has 0 aromatic rings. The molecule has 0 heterocycles. The molecule has 0 amide bonds. The molecule has 0 aromatic heterocycles. The van der Waals surface area contributed by atoms with Crippen molar-refractivity contribution in [1.29, 1.82) is 0 Å². The summed E-state index contributed by atoms with van der Waals surface area (Å²) in [6.45, 7) is 4.19. The zero-order valence-corrected chi connectivity index (χ0v) is 7.75. The first kappa shape index (κ1) is 7.82. The van der Waals surface area contributed by atoms with Crippen LogP contribution >= 0.6 is 0 Å². The first-order valence-corrected chi connectivity index (χ1v) is 4.75. The Morgan fingerprint density at radius 2 is 2.33 bits per heavy atom. The van der Waals surface area contributed by atoms with E-state index in [0.29, 0.717) is 12.0 Å². The summed E-state index contributed by atoms with van der Waals surface area (Å²) in [5, 5.41) is 0. The second-order valence-corrected chi connectivity index (χ2v) is 4.05. The molecule has 0 spiro atoms. The molecule has 0 aromatic carbocycles. The number of fused-ring (bicyclic) bond motifs is 2. The van der Waals surface area contributed by atoms with Crippen LogP contribution in [0.25, 0.3) is 0 Å². The molecule has 2 aliphatic carbocycles. The van der Waals surface area contributed by atoms with Gasteiger partial charge in [0.2, 0.25) is 0 Å². The fourth-order valence-electron chi connectivity index (χ4n) is 1.96. The van der Waals surface area contributed by atoms with E-state index in [1.54, 1.807) is 0 Å². The van der Waals surface area contributed by atoms with E-state index in [0.717, 1.165) is 5.92 Å². The van der Waals surface area contributed by atoms with Crippen molar-refractivity contribution >= 4 is 5.87 Å². The molecule has 2 unspecified atom stereocenters. The van der Waals surface area contributed by atoms with E-state index in [1.165, 1.54) is 18.4 Å². The van der Waals surface area contributed by atoms with E-state index >= 15 is 0 Å². The number of hydrogen-bond acceptors (Lipinski definition) is 1. The largest absolute Gasteiger partial charge is 0.240 e. The summed E-state index contributed by atoms with van der Waals surface area (Å²) in [6.07, 6.45) is 7.17. The zero-order valence-electron chi connectivity index (χ0n) is 7.75. The molecule has 0 saturated heterocycles. The Balaban J connectivity index is 2.17. The van der Waals surface area contributed by atoms with Gasteiger partial charge in [0, 0.05) is 5.92 Å². The van der Waals surface area contributed by atoms with Crippen LogP contribution in [-0.4, -0.2) is 11.9 Å². The van der Waals surface area contributed by atoms with Crippen LogP contribution in [0.15, 0.2) is 22.7 Å². The molecule has 1 heteroatoms. The van der Waals surface area contributed by atoms with Crippen LogP contribution < -0.4 is 0 Å². The predicted octanol–water partition coefficient (Wildman–Crippen LogP) is 2.59. The lowest BCUT2D eigenvalue weighted by Crippen LogP contribution is -1.94. The van der Waals surface area contributed by atoms with Gasteiger partial charge in [0.1, 0.15) is 0 Å². The number of nitrogens with zero attached hydrogens (tertiary/aromatic N) is 1. The minimum Gasteiger partial charge on any atom is -0.240 e. The van der Waals surface area contributed by atoms with Crippen molar-refractivity contribution in [3.63, 3.8) is 0 Å². The molecule has 0 aliphatic heterocycles. The first-order valence-electron chi connectivity index (χ1n) is 4.75. The van der Waals surface area contributed by atoms with Gasteiger partial charge in [0.15, 0.2) is 0 Å². The van der Waals surface area contributed by atoms with Gasteiger partial charge in [-0.25, -0.2) is 4.99 Å². The lowest BCUT2D eigenvalue weighted by atomic mass is 10.0. The van der Waals surface area contributed by atoms with Crippen LogP contribution in [0.1, 0.15) is 26.7 Å². The van der Waals surface area contributed by atoms with E-state index in [4.69, 9.17) is 0 Å². The standard InChI is InChI=1S/C11H15N/c1-8(2)12-7-11-6-9-3-4-10(11)5-9/h3-4,8-10H,5-6H2,1-2H3. The molecule has 2 rings (SSSR count). The van der Waals surface area contributed by atoms with Gasteiger partial charge in [0.05, 0.1) is 6.04 Å². The monoisotopic (exact) mass is 161 g/mol. The molecule has 2 bridgehead atoms. The topological polar surface area (TPSA) is 12.4 Å². The molecule has 1 saturated carbocycles. The summed E-state index contributed by atoms with van der Waals surface area (Å²) in [6, 6.07) is 0.389. The maximum Gasteiger partial charge on any atom is 0.0537 e. The van der Waals surface area contributed by atoms with Gasteiger partial charge in [-0.3, -0.25) is 0 Å². The van der Waals surface area contributed by atoms with Gasteiger partial charge in [-0.2, -0.15) is 0 Å². The van der Waals surface area contributed by atoms with Crippen LogP contribution in [-0.2, 0) is 0 Å². The van der Waals surface area contributed by atoms with E-state index in [9.17, 15) is 0 Å². The van der Waals surface area contributed by atoms with Crippen LogP contribution in [0.3, 0.4) is 0 Å². The van der Waals surface area contributed by atoms with Crippen LogP contribution in [0.5, 0.6) is 0 Å². The third kappa shape index (κ3) is 1.37. The first-order chi connectivity index (χ1) is 5.75. The maximum atomic E-state index is 4.30. The molecule has 2 aliphatic rings.